The van der Waals surface area contributed by atoms with Crippen molar-refractivity contribution in [2.24, 2.45) is 0 Å². The predicted octanol–water partition coefficient (Wildman–Crippen LogP) is 2.28. The molecule has 1 aromatic carbocycles. The molecule has 2 rings (SSSR count). The smallest absolute Gasteiger partial charge is 0.422 e. The molecule has 0 spiro atoms. The number of sulfonamides is 1. The fourth-order valence-corrected chi connectivity index (χ4v) is 4.30. The molecular formula is C15H14F3NO4S. The normalized spacial score (nSPS) is 22.1. The number of carbonyl (C=O) groups excluding carboxylic acids is 1. The van der Waals surface area contributed by atoms with Gasteiger partial charge >= 0.3 is 12.1 Å². The Balaban J connectivity index is 2.74. The van der Waals surface area contributed by atoms with Gasteiger partial charge in [0, 0.05) is 6.54 Å². The van der Waals surface area contributed by atoms with Crippen molar-refractivity contribution < 1.29 is 31.1 Å². The van der Waals surface area contributed by atoms with Crippen LogP contribution < -0.4 is 0 Å². The summed E-state index contributed by atoms with van der Waals surface area (Å²) in [6.07, 6.45) is -3.43. The fraction of sp³-hybridized carbons (Fsp3) is 0.267. The predicted molar refractivity (Wildman–Crippen MR) is 79.4 cm³/mol. The van der Waals surface area contributed by atoms with Crippen molar-refractivity contribution in [3.05, 3.63) is 54.6 Å². The van der Waals surface area contributed by atoms with Gasteiger partial charge in [0.2, 0.25) is 10.0 Å². The first-order valence-electron chi connectivity index (χ1n) is 6.70. The zero-order valence-corrected chi connectivity index (χ0v) is 13.4. The number of ether oxygens (including phenoxy) is 1. The molecule has 0 fully saturated rings. The van der Waals surface area contributed by atoms with Crippen LogP contribution in [0.4, 0.5) is 13.2 Å². The van der Waals surface area contributed by atoms with Gasteiger partial charge in [-0.2, -0.15) is 17.5 Å². The number of hydrogen-bond acceptors (Lipinski definition) is 4. The zero-order chi connectivity index (χ0) is 18.2. The average Bonchev–Trinajstić information content (AvgIpc) is 2.96. The summed E-state index contributed by atoms with van der Waals surface area (Å²) in [5.41, 5.74) is -4.04. The number of hydrogen-bond donors (Lipinski definition) is 0. The molecule has 0 N–H and O–H groups in total. The van der Waals surface area contributed by atoms with Gasteiger partial charge in [-0.05, 0) is 17.7 Å². The highest BCUT2D eigenvalue weighted by molar-refractivity contribution is 7.89. The number of rotatable bonds is 4. The van der Waals surface area contributed by atoms with Crippen LogP contribution in [-0.4, -0.2) is 44.1 Å². The first-order chi connectivity index (χ1) is 11.1. The number of carbonyl (C=O) groups is 1. The molecule has 0 radical (unpaired) electrons. The van der Waals surface area contributed by atoms with Crippen LogP contribution in [0.5, 0.6) is 0 Å². The zero-order valence-electron chi connectivity index (χ0n) is 12.6. The molecule has 1 aliphatic heterocycles. The summed E-state index contributed by atoms with van der Waals surface area (Å²) < 4.78 is 71.5. The van der Waals surface area contributed by atoms with Crippen LogP contribution in [0.15, 0.2) is 59.5 Å². The van der Waals surface area contributed by atoms with E-state index in [0.717, 1.165) is 31.4 Å². The van der Waals surface area contributed by atoms with E-state index in [0.29, 0.717) is 0 Å². The molecule has 0 saturated heterocycles. The topological polar surface area (TPSA) is 63.7 Å². The molecule has 1 aliphatic rings. The lowest BCUT2D eigenvalue weighted by atomic mass is 9.91. The van der Waals surface area contributed by atoms with Crippen molar-refractivity contribution in [2.45, 2.75) is 16.6 Å². The number of halogens is 3. The van der Waals surface area contributed by atoms with Crippen molar-refractivity contribution in [1.29, 1.82) is 0 Å². The van der Waals surface area contributed by atoms with Crippen molar-refractivity contribution in [3.8, 4) is 0 Å². The monoisotopic (exact) mass is 361 g/mol. The van der Waals surface area contributed by atoms with Crippen molar-refractivity contribution in [2.75, 3.05) is 13.7 Å². The maximum atomic E-state index is 13.9. The van der Waals surface area contributed by atoms with E-state index in [4.69, 9.17) is 0 Å². The van der Waals surface area contributed by atoms with Gasteiger partial charge in [-0.3, -0.25) is 0 Å². The van der Waals surface area contributed by atoms with Gasteiger partial charge in [0.15, 0.2) is 0 Å². The summed E-state index contributed by atoms with van der Waals surface area (Å²) in [7, 11) is -3.85. The summed E-state index contributed by atoms with van der Waals surface area (Å²) in [4.78, 5) is 11.7. The first kappa shape index (κ1) is 18.2. The van der Waals surface area contributed by atoms with Gasteiger partial charge in [0.25, 0.3) is 5.54 Å². The molecule has 24 heavy (non-hydrogen) atoms. The molecule has 5 nitrogen and oxygen atoms in total. The lowest BCUT2D eigenvalue weighted by molar-refractivity contribution is -0.213. The molecule has 0 bridgehead atoms. The minimum absolute atomic E-state index is 0.0954. The van der Waals surface area contributed by atoms with Gasteiger partial charge in [-0.25, -0.2) is 13.2 Å². The van der Waals surface area contributed by atoms with Gasteiger partial charge < -0.3 is 4.74 Å². The van der Waals surface area contributed by atoms with E-state index in [1.165, 1.54) is 18.2 Å². The highest BCUT2D eigenvalue weighted by Crippen LogP contribution is 2.47. The van der Waals surface area contributed by atoms with Gasteiger partial charge in [0.1, 0.15) is 0 Å². The van der Waals surface area contributed by atoms with E-state index in [9.17, 15) is 26.4 Å². The Kier molecular flexibility index (Phi) is 4.60. The molecule has 1 atom stereocenters. The first-order valence-corrected chi connectivity index (χ1v) is 8.14. The van der Waals surface area contributed by atoms with Crippen LogP contribution in [0.1, 0.15) is 0 Å². The molecule has 0 saturated carbocycles. The summed E-state index contributed by atoms with van der Waals surface area (Å²) in [5, 5.41) is 0. The highest BCUT2D eigenvalue weighted by atomic mass is 32.2. The average molecular weight is 361 g/mol. The SMILES string of the molecule is C=CC1=CCN(S(=O)(=O)c2ccccc2)C1(C(=O)OC)C(F)(F)F. The highest BCUT2D eigenvalue weighted by Gasteiger charge is 2.71. The molecule has 1 aromatic rings. The number of esters is 1. The maximum absolute atomic E-state index is 13.9. The van der Waals surface area contributed by atoms with E-state index in [-0.39, 0.29) is 9.20 Å². The molecule has 0 amide bonds. The Morgan fingerprint density at radius 3 is 2.38 bits per heavy atom. The van der Waals surface area contributed by atoms with Gasteiger partial charge in [-0.15, -0.1) is 0 Å². The third-order valence-corrected chi connectivity index (χ3v) is 5.58. The van der Waals surface area contributed by atoms with Crippen LogP contribution in [0.3, 0.4) is 0 Å². The van der Waals surface area contributed by atoms with Crippen molar-refractivity contribution in [1.82, 2.24) is 4.31 Å². The van der Waals surface area contributed by atoms with E-state index in [1.807, 2.05) is 0 Å². The van der Waals surface area contributed by atoms with Crippen LogP contribution >= 0.6 is 0 Å². The number of nitrogens with zero attached hydrogens (tertiary/aromatic N) is 1. The standard InChI is InChI=1S/C15H14F3NO4S/c1-3-11-9-10-19(14(11,13(20)23-2)15(16,17)18)24(21,22)12-7-5-4-6-8-12/h3-9H,1,10H2,2H3. The van der Waals surface area contributed by atoms with Crippen LogP contribution in [0.25, 0.3) is 0 Å². The molecule has 0 aromatic heterocycles. The maximum Gasteiger partial charge on any atom is 0.422 e. The molecular weight excluding hydrogens is 347 g/mol. The Bertz CT molecular complexity index is 787. The number of methoxy groups -OCH3 is 1. The lowest BCUT2D eigenvalue weighted by Crippen LogP contribution is -2.64. The van der Waals surface area contributed by atoms with E-state index in [1.54, 1.807) is 0 Å². The Hall–Kier alpha value is -2.13. The third-order valence-electron chi connectivity index (χ3n) is 3.71. The number of alkyl halides is 3. The second kappa shape index (κ2) is 6.06. The largest absolute Gasteiger partial charge is 0.467 e. The van der Waals surface area contributed by atoms with E-state index < -0.39 is 39.8 Å². The lowest BCUT2D eigenvalue weighted by Gasteiger charge is -2.37. The van der Waals surface area contributed by atoms with E-state index >= 15 is 0 Å². The number of benzene rings is 1. The minimum Gasteiger partial charge on any atom is -0.467 e. The van der Waals surface area contributed by atoms with Crippen LogP contribution in [0, 0.1) is 0 Å². The van der Waals surface area contributed by atoms with Crippen LogP contribution in [0.2, 0.25) is 0 Å². The second-order valence-corrected chi connectivity index (χ2v) is 6.77. The molecule has 1 unspecified atom stereocenters. The second-order valence-electron chi connectivity index (χ2n) is 4.91. The van der Waals surface area contributed by atoms with Crippen molar-refractivity contribution >= 4 is 16.0 Å². The summed E-state index contributed by atoms with van der Waals surface area (Å²) >= 11 is 0. The van der Waals surface area contributed by atoms with Gasteiger partial charge in [0.05, 0.1) is 12.0 Å². The Labute approximate surface area is 137 Å². The summed E-state index contributed by atoms with van der Waals surface area (Å²) in [6.45, 7) is 2.63. The molecule has 9 heteroatoms. The molecule has 0 aliphatic carbocycles. The third kappa shape index (κ3) is 2.44. The van der Waals surface area contributed by atoms with E-state index in [2.05, 4.69) is 11.3 Å². The molecule has 130 valence electrons. The van der Waals surface area contributed by atoms with Crippen molar-refractivity contribution in [3.63, 3.8) is 0 Å². The summed E-state index contributed by atoms with van der Waals surface area (Å²) in [5.74, 6) is -1.74. The van der Waals surface area contributed by atoms with Crippen LogP contribution in [-0.2, 0) is 19.6 Å². The Morgan fingerprint density at radius 1 is 1.33 bits per heavy atom. The molecule has 1 heterocycles. The summed E-state index contributed by atoms with van der Waals surface area (Å²) in [6, 6.07) is 6.57. The quantitative estimate of drug-likeness (QED) is 0.772. The minimum atomic E-state index is -5.24. The van der Waals surface area contributed by atoms with Gasteiger partial charge in [-0.1, -0.05) is 36.9 Å². The Morgan fingerprint density at radius 2 is 1.92 bits per heavy atom. The fourth-order valence-electron chi connectivity index (χ4n) is 2.63.